The molecule has 2 aliphatic heterocycles. The summed E-state index contributed by atoms with van der Waals surface area (Å²) in [6.45, 7) is 12.3. The molecule has 100 heavy (non-hydrogen) atoms. The highest BCUT2D eigenvalue weighted by atomic mass is 15.2. The van der Waals surface area contributed by atoms with Gasteiger partial charge in [-0.1, -0.05) is 241 Å². The van der Waals surface area contributed by atoms with E-state index in [0.717, 1.165) is 71.8 Å². The first kappa shape index (κ1) is 44.5. The summed E-state index contributed by atoms with van der Waals surface area (Å²) < 4.78 is 156. The molecule has 0 radical (unpaired) electrons. The third-order valence-corrected chi connectivity index (χ3v) is 20.1. The van der Waals surface area contributed by atoms with E-state index in [-0.39, 0.29) is 60.1 Å². The van der Waals surface area contributed by atoms with Gasteiger partial charge in [-0.05, 0) is 181 Å². The standard InChI is InChI=1S/C93H69BN6/c1-92(2,3)66-48-64(49-67(54-66)93(4,5)6)65-52-89-91-90(53-65)100(72-50-62(60-25-9-7-10-26-60)47-63(51-72)61-27-11-8-12-28-61)88-57-69(97-83-37-21-15-31-75(83)76-32-16-22-38-84(76)97)42-44-80(88)94(91)79-43-41-68(96-81-35-19-13-29-73(81)74-30-14-20-36-82(74)96)56-87(79)99(89)71-46-59(58-95)45-70(55-71)98-85-39-23-17-33-77(85)78-34-18-24-40-86(78)98/h7-57H,1-6H3/i13D,14D,15D,16D,19D,20D,21D,22D,29D,30D,31D,32D,35D,36D,37D,38D. The maximum absolute atomic E-state index is 11.7. The van der Waals surface area contributed by atoms with Crippen LogP contribution in [0, 0.1) is 11.3 Å². The Hall–Kier alpha value is -12.4. The third-order valence-electron chi connectivity index (χ3n) is 20.1. The Labute approximate surface area is 605 Å². The normalized spacial score (nSPS) is 15.1. The largest absolute Gasteiger partial charge is 0.311 e. The van der Waals surface area contributed by atoms with Crippen molar-refractivity contribution in [2.45, 2.75) is 52.4 Å². The Bertz CT molecular complexity index is 7000. The van der Waals surface area contributed by atoms with Gasteiger partial charge in [-0.25, -0.2) is 0 Å². The number of rotatable bonds is 8. The third kappa shape index (κ3) is 9.24. The quantitative estimate of drug-likeness (QED) is 0.142. The van der Waals surface area contributed by atoms with Crippen molar-refractivity contribution in [3.05, 3.63) is 326 Å². The van der Waals surface area contributed by atoms with Gasteiger partial charge in [0.1, 0.15) is 0 Å². The lowest BCUT2D eigenvalue weighted by molar-refractivity contribution is 0.569. The molecule has 0 saturated carbocycles. The van der Waals surface area contributed by atoms with Crippen LogP contribution in [0.5, 0.6) is 0 Å². The number of hydrogen-bond acceptors (Lipinski definition) is 3. The summed E-state index contributed by atoms with van der Waals surface area (Å²) in [5.74, 6) is 0. The Morgan fingerprint density at radius 1 is 0.310 bits per heavy atom. The molecule has 0 bridgehead atoms. The van der Waals surface area contributed by atoms with Gasteiger partial charge in [-0.15, -0.1) is 0 Å². The molecule has 6 nitrogen and oxygen atoms in total. The Balaban J connectivity index is 1.01. The van der Waals surface area contributed by atoms with Gasteiger partial charge in [0.15, 0.2) is 0 Å². The van der Waals surface area contributed by atoms with Gasteiger partial charge in [0.05, 0.1) is 66.7 Å². The van der Waals surface area contributed by atoms with E-state index in [1.54, 1.807) is 6.07 Å². The van der Waals surface area contributed by atoms with Crippen molar-refractivity contribution < 1.29 is 21.9 Å². The molecular formula is C93H69BN6. The second-order valence-corrected chi connectivity index (χ2v) is 28.1. The number of hydrogen-bond donors (Lipinski definition) is 0. The summed E-state index contributed by atoms with van der Waals surface area (Å²) in [6, 6.07) is 65.2. The second-order valence-electron chi connectivity index (χ2n) is 28.1. The zero-order chi connectivity index (χ0) is 81.2. The Morgan fingerprint density at radius 3 is 1.13 bits per heavy atom. The highest BCUT2D eigenvalue weighted by Gasteiger charge is 2.45. The van der Waals surface area contributed by atoms with E-state index >= 15 is 0 Å². The van der Waals surface area contributed by atoms with Crippen molar-refractivity contribution in [2.24, 2.45) is 0 Å². The molecule has 2 aliphatic rings. The fraction of sp³-hybridized carbons (Fsp3) is 0.0860. The molecule has 0 saturated heterocycles. The van der Waals surface area contributed by atoms with Crippen LogP contribution in [0.25, 0.3) is 116 Å². The molecule has 0 amide bonds. The number of anilines is 6. The smallest absolute Gasteiger partial charge is 0.252 e. The molecule has 0 N–H and O–H groups in total. The van der Waals surface area contributed by atoms with E-state index in [9.17, 15) is 21.7 Å². The monoisotopic (exact) mass is 1300 g/mol. The molecule has 3 aromatic heterocycles. The first-order valence-electron chi connectivity index (χ1n) is 41.5. The van der Waals surface area contributed by atoms with Gasteiger partial charge in [0.25, 0.3) is 6.71 Å². The van der Waals surface area contributed by atoms with Gasteiger partial charge < -0.3 is 23.5 Å². The SMILES string of the molecule is [2H]c1c([2H])c([2H])c2c(c1[2H])c1c([2H])c([2H])c([2H])c([2H])c1n2-c1ccc2c(c1)N(c1cc(-c3ccccc3)cc(-c3ccccc3)c1)c1cc(-c3cc(C(C)(C)C)cc(C(C)(C)C)c3)cc3c1B2c1ccc(-n2c4c([2H])c([2H])c([2H])c([2H])c4c4c([2H])c([2H])c([2H])c([2H])c42)cc1N3c1cc(C#N)cc(-n2c3ccccc3c3ccccc32)c1. The van der Waals surface area contributed by atoms with E-state index in [1.165, 1.54) is 9.13 Å². The second kappa shape index (κ2) is 22.3. The summed E-state index contributed by atoms with van der Waals surface area (Å²) in [4.78, 5) is 4.36. The number of nitriles is 1. The molecule has 0 fully saturated rings. The molecule has 7 heteroatoms. The molecule has 5 heterocycles. The molecule has 0 spiro atoms. The molecule has 474 valence electrons. The lowest BCUT2D eigenvalue weighted by Gasteiger charge is -2.45. The van der Waals surface area contributed by atoms with Crippen molar-refractivity contribution in [1.82, 2.24) is 13.7 Å². The number of nitrogens with zero attached hydrogens (tertiary/aromatic N) is 6. The highest BCUT2D eigenvalue weighted by molar-refractivity contribution is 7.00. The minimum atomic E-state index is -0.803. The summed E-state index contributed by atoms with van der Waals surface area (Å²) >= 11 is 0. The van der Waals surface area contributed by atoms with Crippen molar-refractivity contribution in [3.63, 3.8) is 0 Å². The van der Waals surface area contributed by atoms with Gasteiger partial charge in [0, 0.05) is 83.5 Å². The van der Waals surface area contributed by atoms with E-state index < -0.39 is 103 Å². The number of para-hydroxylation sites is 6. The molecule has 0 unspecified atom stereocenters. The van der Waals surface area contributed by atoms with Crippen LogP contribution in [0.2, 0.25) is 0 Å². The maximum atomic E-state index is 11.7. The molecule has 17 aromatic rings. The first-order valence-corrected chi connectivity index (χ1v) is 33.5. The Morgan fingerprint density at radius 2 is 0.690 bits per heavy atom. The van der Waals surface area contributed by atoms with Crippen LogP contribution in [0.15, 0.2) is 309 Å². The van der Waals surface area contributed by atoms with Crippen LogP contribution < -0.4 is 26.2 Å². The van der Waals surface area contributed by atoms with Crippen LogP contribution in [0.3, 0.4) is 0 Å². The average Bonchev–Trinajstić information content (AvgIpc) is 1.38. The number of fused-ring (bicyclic) bond motifs is 13. The zero-order valence-corrected chi connectivity index (χ0v) is 55.5. The van der Waals surface area contributed by atoms with Crippen molar-refractivity contribution in [2.75, 3.05) is 9.80 Å². The fourth-order valence-corrected chi connectivity index (χ4v) is 15.4. The molecular weight excluding hydrogens is 1210 g/mol. The first-order chi connectivity index (χ1) is 55.4. The predicted molar refractivity (Wildman–Crippen MR) is 422 cm³/mol. The van der Waals surface area contributed by atoms with Crippen molar-refractivity contribution in [3.8, 4) is 56.5 Å². The van der Waals surface area contributed by atoms with Crippen LogP contribution in [0.1, 0.15) is 80.2 Å². The van der Waals surface area contributed by atoms with Gasteiger partial charge in [-0.2, -0.15) is 5.26 Å². The number of benzene rings is 14. The van der Waals surface area contributed by atoms with E-state index in [1.807, 2.05) is 103 Å². The average molecular weight is 1300 g/mol. The maximum Gasteiger partial charge on any atom is 0.252 e. The van der Waals surface area contributed by atoms with E-state index in [0.29, 0.717) is 62.0 Å². The zero-order valence-electron chi connectivity index (χ0n) is 71.5. The summed E-state index contributed by atoms with van der Waals surface area (Å²) in [6.07, 6.45) is 0. The van der Waals surface area contributed by atoms with Gasteiger partial charge in [0.2, 0.25) is 0 Å². The molecule has 0 aliphatic carbocycles. The molecule has 14 aromatic carbocycles. The summed E-state index contributed by atoms with van der Waals surface area (Å²) in [5.41, 5.74) is 15.2. The minimum absolute atomic E-state index is 0.0676. The van der Waals surface area contributed by atoms with Crippen molar-refractivity contribution in [1.29, 1.82) is 5.26 Å². The van der Waals surface area contributed by atoms with Gasteiger partial charge >= 0.3 is 0 Å². The predicted octanol–water partition coefficient (Wildman–Crippen LogP) is 22.5. The number of aromatic nitrogens is 3. The fourth-order valence-electron chi connectivity index (χ4n) is 15.4. The van der Waals surface area contributed by atoms with E-state index in [4.69, 9.17) is 5.48 Å². The van der Waals surface area contributed by atoms with Crippen LogP contribution >= 0.6 is 0 Å². The van der Waals surface area contributed by atoms with Crippen LogP contribution in [-0.4, -0.2) is 20.4 Å². The van der Waals surface area contributed by atoms with Crippen molar-refractivity contribution >= 4 is 123 Å². The van der Waals surface area contributed by atoms with E-state index in [2.05, 4.69) is 165 Å². The van der Waals surface area contributed by atoms with Crippen LogP contribution in [0.4, 0.5) is 34.1 Å². The minimum Gasteiger partial charge on any atom is -0.311 e. The summed E-state index contributed by atoms with van der Waals surface area (Å²) in [7, 11) is 0. The summed E-state index contributed by atoms with van der Waals surface area (Å²) in [5, 5.41) is 13.3. The highest BCUT2D eigenvalue weighted by Crippen LogP contribution is 2.51. The molecule has 0 atom stereocenters. The Kier molecular flexibility index (Phi) is 9.93. The lowest BCUT2D eigenvalue weighted by atomic mass is 9.33. The van der Waals surface area contributed by atoms with Gasteiger partial charge in [-0.3, -0.25) is 0 Å². The molecule has 19 rings (SSSR count). The lowest BCUT2D eigenvalue weighted by Crippen LogP contribution is -2.61. The van der Waals surface area contributed by atoms with Crippen LogP contribution in [-0.2, 0) is 10.8 Å². The topological polar surface area (TPSA) is 45.1 Å².